The summed E-state index contributed by atoms with van der Waals surface area (Å²) in [6.07, 6.45) is 6.32. The minimum Gasteiger partial charge on any atom is -0.508 e. The van der Waals surface area contributed by atoms with Crippen LogP contribution in [0.2, 0.25) is 0 Å². The van der Waals surface area contributed by atoms with Gasteiger partial charge < -0.3 is 5.11 Å². The zero-order valence-electron chi connectivity index (χ0n) is 6.17. The lowest BCUT2D eigenvalue weighted by Crippen LogP contribution is -2.01. The highest BCUT2D eigenvalue weighted by Gasteiger charge is 2.09. The molecule has 0 spiro atoms. The third kappa shape index (κ3) is 1.29. The lowest BCUT2D eigenvalue weighted by molar-refractivity contribution is 0.420. The highest BCUT2D eigenvalue weighted by molar-refractivity contribution is 5.31. The number of allylic oxidation sites excluding steroid dienone is 4. The van der Waals surface area contributed by atoms with E-state index < -0.39 is 0 Å². The third-order valence-corrected chi connectivity index (χ3v) is 1.80. The fourth-order valence-electron chi connectivity index (χ4n) is 1.07. The van der Waals surface area contributed by atoms with Gasteiger partial charge in [-0.3, -0.25) is 0 Å². The van der Waals surface area contributed by atoms with Crippen molar-refractivity contribution < 1.29 is 5.11 Å². The molecule has 0 aromatic carbocycles. The number of hydrogen-bond acceptors (Lipinski definition) is 1. The Bertz CT molecular complexity index is 199. The molecule has 0 heterocycles. The summed E-state index contributed by atoms with van der Waals surface area (Å²) in [7, 11) is 0. The first-order valence-corrected chi connectivity index (χ1v) is 3.47. The standard InChI is InChI=1S/C9H12O/c1-3-8-6-9(10)5-4-7(8)2/h3,5-7,10H,1,4H2,2H3. The fraction of sp³-hybridized carbons (Fsp3) is 0.333. The maximum Gasteiger partial charge on any atom is 0.111 e. The van der Waals surface area contributed by atoms with Gasteiger partial charge in [-0.1, -0.05) is 19.6 Å². The van der Waals surface area contributed by atoms with Crippen LogP contribution in [-0.2, 0) is 0 Å². The van der Waals surface area contributed by atoms with Crippen LogP contribution in [0.5, 0.6) is 0 Å². The van der Waals surface area contributed by atoms with Crippen molar-refractivity contribution in [2.45, 2.75) is 13.3 Å². The van der Waals surface area contributed by atoms with Crippen LogP contribution in [-0.4, -0.2) is 5.11 Å². The first kappa shape index (κ1) is 7.13. The monoisotopic (exact) mass is 136 g/mol. The topological polar surface area (TPSA) is 20.2 Å². The van der Waals surface area contributed by atoms with Crippen molar-refractivity contribution in [2.24, 2.45) is 5.92 Å². The predicted octanol–water partition coefficient (Wildman–Crippen LogP) is 2.58. The van der Waals surface area contributed by atoms with Gasteiger partial charge in [0.05, 0.1) is 0 Å². The fourth-order valence-corrected chi connectivity index (χ4v) is 1.07. The van der Waals surface area contributed by atoms with Crippen LogP contribution >= 0.6 is 0 Å². The van der Waals surface area contributed by atoms with E-state index >= 15 is 0 Å². The van der Waals surface area contributed by atoms with Crippen LogP contribution in [0.4, 0.5) is 0 Å². The van der Waals surface area contributed by atoms with E-state index in [-0.39, 0.29) is 0 Å². The summed E-state index contributed by atoms with van der Waals surface area (Å²) in [5.74, 6) is 0.876. The highest BCUT2D eigenvalue weighted by atomic mass is 16.3. The molecule has 1 unspecified atom stereocenters. The molecule has 1 heteroatoms. The highest BCUT2D eigenvalue weighted by Crippen LogP contribution is 2.22. The van der Waals surface area contributed by atoms with Crippen molar-refractivity contribution in [3.8, 4) is 0 Å². The van der Waals surface area contributed by atoms with Crippen molar-refractivity contribution in [1.29, 1.82) is 0 Å². The lowest BCUT2D eigenvalue weighted by Gasteiger charge is -2.14. The van der Waals surface area contributed by atoms with E-state index in [1.54, 1.807) is 12.2 Å². The van der Waals surface area contributed by atoms with Crippen LogP contribution < -0.4 is 0 Å². The normalized spacial score (nSPS) is 25.1. The Morgan fingerprint density at radius 1 is 1.80 bits per heavy atom. The Labute approximate surface area is 61.4 Å². The summed E-state index contributed by atoms with van der Waals surface area (Å²) in [5, 5.41) is 9.07. The van der Waals surface area contributed by atoms with Crippen molar-refractivity contribution in [1.82, 2.24) is 0 Å². The maximum absolute atomic E-state index is 9.07. The van der Waals surface area contributed by atoms with Gasteiger partial charge in [-0.2, -0.15) is 0 Å². The minimum atomic E-state index is 0.369. The van der Waals surface area contributed by atoms with E-state index in [2.05, 4.69) is 13.5 Å². The summed E-state index contributed by atoms with van der Waals surface area (Å²) in [6.45, 7) is 5.78. The van der Waals surface area contributed by atoms with Gasteiger partial charge in [-0.15, -0.1) is 0 Å². The van der Waals surface area contributed by atoms with Gasteiger partial charge in [-0.25, -0.2) is 0 Å². The number of aliphatic hydroxyl groups is 1. The smallest absolute Gasteiger partial charge is 0.111 e. The van der Waals surface area contributed by atoms with E-state index in [0.29, 0.717) is 11.7 Å². The molecule has 1 atom stereocenters. The molecule has 0 amide bonds. The number of aliphatic hydroxyl groups excluding tert-OH is 1. The molecule has 0 bridgehead atoms. The van der Waals surface area contributed by atoms with Crippen LogP contribution in [0, 0.1) is 5.92 Å². The van der Waals surface area contributed by atoms with Crippen molar-refractivity contribution in [2.75, 3.05) is 0 Å². The predicted molar refractivity (Wildman–Crippen MR) is 42.8 cm³/mol. The Hall–Kier alpha value is -0.980. The van der Waals surface area contributed by atoms with Crippen molar-refractivity contribution in [3.05, 3.63) is 36.1 Å². The molecule has 1 N–H and O–H groups in total. The maximum atomic E-state index is 9.07. The third-order valence-electron chi connectivity index (χ3n) is 1.80. The second kappa shape index (κ2) is 2.74. The second-order valence-corrected chi connectivity index (χ2v) is 2.61. The number of hydrogen-bond donors (Lipinski definition) is 1. The Balaban J connectivity index is 2.83. The van der Waals surface area contributed by atoms with Gasteiger partial charge in [0.25, 0.3) is 0 Å². The first-order valence-electron chi connectivity index (χ1n) is 3.47. The quantitative estimate of drug-likeness (QED) is 0.587. The van der Waals surface area contributed by atoms with Crippen LogP contribution in [0.1, 0.15) is 13.3 Å². The molecule has 0 aliphatic heterocycles. The molecule has 0 saturated carbocycles. The van der Waals surface area contributed by atoms with Crippen LogP contribution in [0.25, 0.3) is 0 Å². The van der Waals surface area contributed by atoms with Gasteiger partial charge in [0.1, 0.15) is 5.76 Å². The molecule has 0 fully saturated rings. The SMILES string of the molecule is C=CC1=CC(O)=CCC1C. The number of rotatable bonds is 1. The molecular weight excluding hydrogens is 124 g/mol. The zero-order chi connectivity index (χ0) is 7.56. The minimum absolute atomic E-state index is 0.369. The molecule has 1 aliphatic carbocycles. The van der Waals surface area contributed by atoms with Crippen molar-refractivity contribution >= 4 is 0 Å². The summed E-state index contributed by atoms with van der Waals surface area (Å²) >= 11 is 0. The molecule has 54 valence electrons. The van der Waals surface area contributed by atoms with E-state index in [1.165, 1.54) is 0 Å². The Morgan fingerprint density at radius 2 is 2.50 bits per heavy atom. The molecule has 0 aromatic heterocycles. The summed E-state index contributed by atoms with van der Waals surface area (Å²) in [5.41, 5.74) is 1.12. The van der Waals surface area contributed by atoms with Crippen LogP contribution in [0.3, 0.4) is 0 Å². The van der Waals surface area contributed by atoms with Crippen LogP contribution in [0.15, 0.2) is 36.1 Å². The van der Waals surface area contributed by atoms with Gasteiger partial charge in [0.2, 0.25) is 0 Å². The van der Waals surface area contributed by atoms with Crippen molar-refractivity contribution in [3.63, 3.8) is 0 Å². The zero-order valence-corrected chi connectivity index (χ0v) is 6.17. The van der Waals surface area contributed by atoms with E-state index in [9.17, 15) is 0 Å². The van der Waals surface area contributed by atoms with Gasteiger partial charge in [-0.05, 0) is 30.1 Å². The molecule has 1 nitrogen and oxygen atoms in total. The summed E-state index contributed by atoms with van der Waals surface area (Å²) in [6, 6.07) is 0. The second-order valence-electron chi connectivity index (χ2n) is 2.61. The van der Waals surface area contributed by atoms with E-state index in [1.807, 2.05) is 6.08 Å². The molecular formula is C9H12O. The molecule has 1 aliphatic rings. The van der Waals surface area contributed by atoms with E-state index in [0.717, 1.165) is 12.0 Å². The largest absolute Gasteiger partial charge is 0.508 e. The molecule has 0 radical (unpaired) electrons. The Kier molecular flexibility index (Phi) is 1.95. The summed E-state index contributed by atoms with van der Waals surface area (Å²) in [4.78, 5) is 0. The molecule has 10 heavy (non-hydrogen) atoms. The average molecular weight is 136 g/mol. The first-order chi connectivity index (χ1) is 4.74. The van der Waals surface area contributed by atoms with Gasteiger partial charge in [0.15, 0.2) is 0 Å². The summed E-state index contributed by atoms with van der Waals surface area (Å²) < 4.78 is 0. The molecule has 1 rings (SSSR count). The van der Waals surface area contributed by atoms with E-state index in [4.69, 9.17) is 5.11 Å². The van der Waals surface area contributed by atoms with Gasteiger partial charge >= 0.3 is 0 Å². The lowest BCUT2D eigenvalue weighted by atomic mass is 9.93. The van der Waals surface area contributed by atoms with Gasteiger partial charge in [0, 0.05) is 0 Å². The Morgan fingerprint density at radius 3 is 3.00 bits per heavy atom. The average Bonchev–Trinajstić information content (AvgIpc) is 1.94. The molecule has 0 aromatic rings. The molecule has 0 saturated heterocycles.